The van der Waals surface area contributed by atoms with Crippen molar-refractivity contribution in [2.75, 3.05) is 5.32 Å². The number of aliphatic hydroxyl groups is 1. The molecule has 2 aromatic carbocycles. The fraction of sp³-hybridized carbons (Fsp3) is 0.143. The first-order chi connectivity index (χ1) is 12.7. The predicted octanol–water partition coefficient (Wildman–Crippen LogP) is 4.25. The maximum absolute atomic E-state index is 9.22. The van der Waals surface area contributed by atoms with Crippen molar-refractivity contribution in [2.24, 2.45) is 0 Å². The third-order valence-electron chi connectivity index (χ3n) is 4.61. The lowest BCUT2D eigenvalue weighted by Gasteiger charge is -2.14. The summed E-state index contributed by atoms with van der Waals surface area (Å²) in [6.45, 7) is 4.21. The number of para-hydroxylation sites is 1. The molecule has 2 N–H and O–H groups in total. The first kappa shape index (κ1) is 16.3. The van der Waals surface area contributed by atoms with Crippen LogP contribution in [0, 0.1) is 13.8 Å². The molecule has 0 unspecified atom stereocenters. The summed E-state index contributed by atoms with van der Waals surface area (Å²) < 4.78 is 2.02. The van der Waals surface area contributed by atoms with Gasteiger partial charge in [-0.2, -0.15) is 0 Å². The molecule has 0 aliphatic heterocycles. The average Bonchev–Trinajstić information content (AvgIpc) is 3.15. The SMILES string of the molecule is Cc1cccc(C)c1Nc1ncc(-c2ccc(CO)cc2)n2cncc12. The third-order valence-corrected chi connectivity index (χ3v) is 4.61. The molecular formula is C21H20N4O. The lowest BCUT2D eigenvalue weighted by atomic mass is 10.1. The van der Waals surface area contributed by atoms with Crippen molar-refractivity contribution in [1.82, 2.24) is 14.4 Å². The van der Waals surface area contributed by atoms with Crippen LogP contribution in [0.1, 0.15) is 16.7 Å². The number of anilines is 2. The molecule has 2 aromatic heterocycles. The number of rotatable bonds is 4. The van der Waals surface area contributed by atoms with Crippen LogP contribution < -0.4 is 5.32 Å². The number of nitrogens with one attached hydrogen (secondary N) is 1. The molecule has 130 valence electrons. The fourth-order valence-electron chi connectivity index (χ4n) is 3.14. The van der Waals surface area contributed by atoms with E-state index in [0.717, 1.165) is 33.8 Å². The van der Waals surface area contributed by atoms with E-state index in [9.17, 15) is 5.11 Å². The van der Waals surface area contributed by atoms with Crippen LogP contribution in [0.5, 0.6) is 0 Å². The Morgan fingerprint density at radius 2 is 1.73 bits per heavy atom. The molecule has 0 saturated heterocycles. The van der Waals surface area contributed by atoms with E-state index in [1.165, 1.54) is 11.1 Å². The molecule has 0 atom stereocenters. The molecular weight excluding hydrogens is 324 g/mol. The maximum Gasteiger partial charge on any atom is 0.156 e. The van der Waals surface area contributed by atoms with E-state index in [4.69, 9.17) is 0 Å². The first-order valence-electron chi connectivity index (χ1n) is 8.52. The van der Waals surface area contributed by atoms with Crippen molar-refractivity contribution in [3.05, 3.63) is 77.9 Å². The predicted molar refractivity (Wildman–Crippen MR) is 104 cm³/mol. The summed E-state index contributed by atoms with van der Waals surface area (Å²) in [4.78, 5) is 8.97. The highest BCUT2D eigenvalue weighted by Gasteiger charge is 2.11. The number of hydrogen-bond acceptors (Lipinski definition) is 4. The van der Waals surface area contributed by atoms with E-state index in [1.807, 2.05) is 41.1 Å². The van der Waals surface area contributed by atoms with Gasteiger partial charge in [-0.05, 0) is 30.5 Å². The third kappa shape index (κ3) is 2.82. The number of benzene rings is 2. The van der Waals surface area contributed by atoms with Gasteiger partial charge in [-0.3, -0.25) is 4.40 Å². The number of imidazole rings is 1. The fourth-order valence-corrected chi connectivity index (χ4v) is 3.14. The smallest absolute Gasteiger partial charge is 0.156 e. The minimum atomic E-state index is 0.0393. The summed E-state index contributed by atoms with van der Waals surface area (Å²) in [5, 5.41) is 12.7. The number of nitrogens with zero attached hydrogens (tertiary/aromatic N) is 3. The highest BCUT2D eigenvalue weighted by atomic mass is 16.3. The van der Waals surface area contributed by atoms with E-state index >= 15 is 0 Å². The van der Waals surface area contributed by atoms with Gasteiger partial charge in [-0.1, -0.05) is 42.5 Å². The van der Waals surface area contributed by atoms with Crippen LogP contribution in [0.4, 0.5) is 11.5 Å². The number of aromatic nitrogens is 3. The van der Waals surface area contributed by atoms with Gasteiger partial charge in [0.25, 0.3) is 0 Å². The normalized spacial score (nSPS) is 11.0. The average molecular weight is 344 g/mol. The number of aliphatic hydroxyl groups excluding tert-OH is 1. The summed E-state index contributed by atoms with van der Waals surface area (Å²) >= 11 is 0. The van der Waals surface area contributed by atoms with Crippen molar-refractivity contribution < 1.29 is 5.11 Å². The maximum atomic E-state index is 9.22. The molecule has 0 radical (unpaired) electrons. The standard InChI is InChI=1S/C21H20N4O/c1-14-4-3-5-15(2)20(14)24-21-19-10-22-13-25(19)18(11-23-21)17-8-6-16(12-26)7-9-17/h3-11,13,26H,12H2,1-2H3,(H,23,24). The Balaban J connectivity index is 1.78. The van der Waals surface area contributed by atoms with E-state index in [1.54, 1.807) is 6.33 Å². The Morgan fingerprint density at radius 1 is 1.00 bits per heavy atom. The van der Waals surface area contributed by atoms with E-state index in [-0.39, 0.29) is 6.61 Å². The van der Waals surface area contributed by atoms with E-state index in [2.05, 4.69) is 47.3 Å². The monoisotopic (exact) mass is 344 g/mol. The minimum absolute atomic E-state index is 0.0393. The summed E-state index contributed by atoms with van der Waals surface area (Å²) in [6.07, 6.45) is 5.45. The summed E-state index contributed by atoms with van der Waals surface area (Å²) in [5.41, 5.74) is 7.20. The number of hydrogen-bond donors (Lipinski definition) is 2. The van der Waals surface area contributed by atoms with Crippen molar-refractivity contribution >= 4 is 17.0 Å². The van der Waals surface area contributed by atoms with Gasteiger partial charge >= 0.3 is 0 Å². The molecule has 4 rings (SSSR count). The summed E-state index contributed by atoms with van der Waals surface area (Å²) in [7, 11) is 0. The quantitative estimate of drug-likeness (QED) is 0.581. The molecule has 5 heteroatoms. The molecule has 26 heavy (non-hydrogen) atoms. The van der Waals surface area contributed by atoms with Gasteiger partial charge in [0.15, 0.2) is 5.82 Å². The van der Waals surface area contributed by atoms with E-state index < -0.39 is 0 Å². The Labute approximate surface area is 152 Å². The van der Waals surface area contributed by atoms with Gasteiger partial charge in [0.05, 0.1) is 31.0 Å². The second-order valence-corrected chi connectivity index (χ2v) is 6.39. The van der Waals surface area contributed by atoms with Crippen molar-refractivity contribution in [3.63, 3.8) is 0 Å². The summed E-state index contributed by atoms with van der Waals surface area (Å²) in [5.74, 6) is 0.774. The van der Waals surface area contributed by atoms with Crippen LogP contribution in [0.2, 0.25) is 0 Å². The Morgan fingerprint density at radius 3 is 2.42 bits per heavy atom. The van der Waals surface area contributed by atoms with Crippen LogP contribution in [-0.2, 0) is 6.61 Å². The molecule has 2 heterocycles. The number of aryl methyl sites for hydroxylation is 2. The van der Waals surface area contributed by atoms with Gasteiger partial charge < -0.3 is 10.4 Å². The molecule has 0 spiro atoms. The lowest BCUT2D eigenvalue weighted by Crippen LogP contribution is -2.02. The molecule has 0 aliphatic rings. The van der Waals surface area contributed by atoms with Crippen molar-refractivity contribution in [1.29, 1.82) is 0 Å². The first-order valence-corrected chi connectivity index (χ1v) is 8.52. The molecule has 0 bridgehead atoms. The number of fused-ring (bicyclic) bond motifs is 1. The molecule has 4 aromatic rings. The zero-order chi connectivity index (χ0) is 18.1. The molecule has 0 amide bonds. The van der Waals surface area contributed by atoms with Gasteiger partial charge in [0.2, 0.25) is 0 Å². The van der Waals surface area contributed by atoms with Crippen molar-refractivity contribution in [3.8, 4) is 11.3 Å². The molecule has 0 aliphatic carbocycles. The Bertz CT molecular complexity index is 1050. The van der Waals surface area contributed by atoms with Gasteiger partial charge in [0.1, 0.15) is 5.52 Å². The highest BCUT2D eigenvalue weighted by molar-refractivity contribution is 5.78. The second-order valence-electron chi connectivity index (χ2n) is 6.39. The summed E-state index contributed by atoms with van der Waals surface area (Å²) in [6, 6.07) is 14.0. The molecule has 0 fully saturated rings. The zero-order valence-electron chi connectivity index (χ0n) is 14.8. The van der Waals surface area contributed by atoms with Crippen LogP contribution in [0.15, 0.2) is 61.2 Å². The van der Waals surface area contributed by atoms with Gasteiger partial charge in [0, 0.05) is 11.3 Å². The van der Waals surface area contributed by atoms with Crippen LogP contribution in [0.3, 0.4) is 0 Å². The lowest BCUT2D eigenvalue weighted by molar-refractivity contribution is 0.282. The van der Waals surface area contributed by atoms with Crippen LogP contribution >= 0.6 is 0 Å². The Kier molecular flexibility index (Phi) is 4.14. The minimum Gasteiger partial charge on any atom is -0.392 e. The Hall–Kier alpha value is -3.18. The highest BCUT2D eigenvalue weighted by Crippen LogP contribution is 2.28. The van der Waals surface area contributed by atoms with Gasteiger partial charge in [-0.15, -0.1) is 0 Å². The molecule has 5 nitrogen and oxygen atoms in total. The van der Waals surface area contributed by atoms with Crippen LogP contribution in [-0.4, -0.2) is 19.5 Å². The second kappa shape index (κ2) is 6.61. The van der Waals surface area contributed by atoms with Crippen LogP contribution in [0.25, 0.3) is 16.8 Å². The van der Waals surface area contributed by atoms with Crippen molar-refractivity contribution in [2.45, 2.75) is 20.5 Å². The topological polar surface area (TPSA) is 62.5 Å². The van der Waals surface area contributed by atoms with Gasteiger partial charge in [-0.25, -0.2) is 9.97 Å². The molecule has 0 saturated carbocycles. The van der Waals surface area contributed by atoms with E-state index in [0.29, 0.717) is 0 Å². The zero-order valence-corrected chi connectivity index (χ0v) is 14.8. The largest absolute Gasteiger partial charge is 0.392 e.